The average Bonchev–Trinajstić information content (AvgIpc) is 3.14. The fourth-order valence-corrected chi connectivity index (χ4v) is 2.96. The number of aromatic nitrogens is 1. The normalized spacial score (nSPS) is 10.3. The van der Waals surface area contributed by atoms with Gasteiger partial charge in [0.15, 0.2) is 11.7 Å². The van der Waals surface area contributed by atoms with Gasteiger partial charge in [0.2, 0.25) is 0 Å². The van der Waals surface area contributed by atoms with Crippen molar-refractivity contribution >= 4 is 22.4 Å². The number of thiazole rings is 1. The zero-order valence-electron chi connectivity index (χ0n) is 14.5. The Balaban J connectivity index is 1.54. The minimum Gasteiger partial charge on any atom is -0.494 e. The lowest BCUT2D eigenvalue weighted by Gasteiger charge is -2.05. The van der Waals surface area contributed by atoms with Crippen LogP contribution in [0.2, 0.25) is 0 Å². The van der Waals surface area contributed by atoms with E-state index in [0.717, 1.165) is 23.4 Å². The molecule has 1 heterocycles. The van der Waals surface area contributed by atoms with Crippen molar-refractivity contribution in [3.63, 3.8) is 0 Å². The summed E-state index contributed by atoms with van der Waals surface area (Å²) in [5.41, 5.74) is 1.79. The predicted octanol–water partition coefficient (Wildman–Crippen LogP) is 4.62. The van der Waals surface area contributed by atoms with Crippen LogP contribution in [0.5, 0.6) is 11.5 Å². The third-order valence-electron chi connectivity index (χ3n) is 3.49. The number of anilines is 1. The average molecular weight is 368 g/mol. The summed E-state index contributed by atoms with van der Waals surface area (Å²) < 4.78 is 11.0. The third kappa shape index (κ3) is 5.07. The first-order chi connectivity index (χ1) is 12.7. The predicted molar refractivity (Wildman–Crippen MR) is 104 cm³/mol. The molecule has 0 atom stereocenters. The SMILES string of the molecule is CCCOc1ccc(-c2csc(NC(=O)COc3ccccc3)n2)cc1. The molecule has 6 heteroatoms. The van der Waals surface area contributed by atoms with E-state index in [4.69, 9.17) is 9.47 Å². The Bertz CT molecular complexity index is 832. The maximum absolute atomic E-state index is 12.0. The smallest absolute Gasteiger partial charge is 0.264 e. The number of benzene rings is 2. The van der Waals surface area contributed by atoms with Gasteiger partial charge in [0, 0.05) is 10.9 Å². The van der Waals surface area contributed by atoms with Crippen LogP contribution in [0.25, 0.3) is 11.3 Å². The van der Waals surface area contributed by atoms with Gasteiger partial charge in [0.05, 0.1) is 12.3 Å². The van der Waals surface area contributed by atoms with Gasteiger partial charge in [-0.25, -0.2) is 4.98 Å². The molecule has 0 spiro atoms. The Kier molecular flexibility index (Phi) is 6.22. The molecule has 0 bridgehead atoms. The summed E-state index contributed by atoms with van der Waals surface area (Å²) in [5.74, 6) is 1.27. The standard InChI is InChI=1S/C20H20N2O3S/c1-2-12-24-17-10-8-15(9-11-17)18-14-26-20(21-18)22-19(23)13-25-16-6-4-3-5-7-16/h3-11,14H,2,12-13H2,1H3,(H,21,22,23). The van der Waals surface area contributed by atoms with E-state index in [0.29, 0.717) is 17.5 Å². The van der Waals surface area contributed by atoms with Crippen molar-refractivity contribution in [1.82, 2.24) is 4.98 Å². The number of hydrogen-bond donors (Lipinski definition) is 1. The van der Waals surface area contributed by atoms with Crippen LogP contribution in [0, 0.1) is 0 Å². The van der Waals surface area contributed by atoms with Gasteiger partial charge >= 0.3 is 0 Å². The fraction of sp³-hybridized carbons (Fsp3) is 0.200. The van der Waals surface area contributed by atoms with Crippen LogP contribution in [0.15, 0.2) is 60.0 Å². The lowest BCUT2D eigenvalue weighted by atomic mass is 10.2. The molecule has 1 amide bonds. The molecule has 0 radical (unpaired) electrons. The molecule has 0 fully saturated rings. The molecule has 5 nitrogen and oxygen atoms in total. The van der Waals surface area contributed by atoms with Gasteiger partial charge in [-0.05, 0) is 42.8 Å². The van der Waals surface area contributed by atoms with Crippen LogP contribution >= 0.6 is 11.3 Å². The molecule has 134 valence electrons. The van der Waals surface area contributed by atoms with Gasteiger partial charge in [0.1, 0.15) is 11.5 Å². The number of para-hydroxylation sites is 1. The highest BCUT2D eigenvalue weighted by Crippen LogP contribution is 2.26. The molecule has 3 rings (SSSR count). The summed E-state index contributed by atoms with van der Waals surface area (Å²) in [6, 6.07) is 17.0. The van der Waals surface area contributed by atoms with Crippen LogP contribution in [-0.2, 0) is 4.79 Å². The van der Waals surface area contributed by atoms with E-state index in [1.165, 1.54) is 11.3 Å². The number of nitrogens with zero attached hydrogens (tertiary/aromatic N) is 1. The summed E-state index contributed by atoms with van der Waals surface area (Å²) in [6.45, 7) is 2.73. The number of rotatable bonds is 8. The maximum Gasteiger partial charge on any atom is 0.264 e. The first kappa shape index (κ1) is 17.9. The quantitative estimate of drug-likeness (QED) is 0.630. The highest BCUT2D eigenvalue weighted by Gasteiger charge is 2.09. The Morgan fingerprint density at radius 2 is 1.77 bits per heavy atom. The molecule has 26 heavy (non-hydrogen) atoms. The van der Waals surface area contributed by atoms with Gasteiger partial charge < -0.3 is 9.47 Å². The van der Waals surface area contributed by atoms with Crippen LogP contribution in [0.1, 0.15) is 13.3 Å². The number of amides is 1. The van der Waals surface area contributed by atoms with Gasteiger partial charge in [-0.15, -0.1) is 11.3 Å². The van der Waals surface area contributed by atoms with Gasteiger partial charge in [-0.1, -0.05) is 25.1 Å². The van der Waals surface area contributed by atoms with Crippen LogP contribution in [-0.4, -0.2) is 24.1 Å². The summed E-state index contributed by atoms with van der Waals surface area (Å²) in [5, 5.41) is 5.22. The minimum atomic E-state index is -0.238. The third-order valence-corrected chi connectivity index (χ3v) is 4.24. The highest BCUT2D eigenvalue weighted by atomic mass is 32.1. The first-order valence-electron chi connectivity index (χ1n) is 8.41. The molecule has 1 N–H and O–H groups in total. The van der Waals surface area contributed by atoms with Crippen LogP contribution in [0.4, 0.5) is 5.13 Å². The van der Waals surface area contributed by atoms with Crippen LogP contribution in [0.3, 0.4) is 0 Å². The second-order valence-electron chi connectivity index (χ2n) is 5.56. The van der Waals surface area contributed by atoms with Crippen molar-refractivity contribution in [1.29, 1.82) is 0 Å². The van der Waals surface area contributed by atoms with E-state index in [1.54, 1.807) is 0 Å². The fourth-order valence-electron chi connectivity index (χ4n) is 2.23. The Morgan fingerprint density at radius 1 is 1.04 bits per heavy atom. The lowest BCUT2D eigenvalue weighted by Crippen LogP contribution is -2.19. The minimum absolute atomic E-state index is 0.0532. The van der Waals surface area contributed by atoms with E-state index >= 15 is 0 Å². The number of nitrogens with one attached hydrogen (secondary N) is 1. The van der Waals surface area contributed by atoms with Gasteiger partial charge in [0.25, 0.3) is 5.91 Å². The Hall–Kier alpha value is -2.86. The topological polar surface area (TPSA) is 60.5 Å². The Morgan fingerprint density at radius 3 is 2.50 bits per heavy atom. The molecule has 0 aliphatic rings. The van der Waals surface area contributed by atoms with E-state index in [1.807, 2.05) is 60.0 Å². The molecule has 0 aliphatic heterocycles. The van der Waals surface area contributed by atoms with E-state index in [9.17, 15) is 4.79 Å². The Labute approximate surface area is 156 Å². The number of hydrogen-bond acceptors (Lipinski definition) is 5. The maximum atomic E-state index is 12.0. The molecular weight excluding hydrogens is 348 g/mol. The lowest BCUT2D eigenvalue weighted by molar-refractivity contribution is -0.118. The van der Waals surface area contributed by atoms with Crippen LogP contribution < -0.4 is 14.8 Å². The van der Waals surface area contributed by atoms with Crippen molar-refractivity contribution < 1.29 is 14.3 Å². The van der Waals surface area contributed by atoms with Crippen molar-refractivity contribution in [2.24, 2.45) is 0 Å². The van der Waals surface area contributed by atoms with E-state index in [2.05, 4.69) is 17.2 Å². The zero-order valence-corrected chi connectivity index (χ0v) is 15.3. The van der Waals surface area contributed by atoms with Crippen molar-refractivity contribution in [3.8, 4) is 22.8 Å². The van der Waals surface area contributed by atoms with Gasteiger partial charge in [-0.2, -0.15) is 0 Å². The second-order valence-corrected chi connectivity index (χ2v) is 6.42. The second kappa shape index (κ2) is 9.01. The van der Waals surface area contributed by atoms with E-state index < -0.39 is 0 Å². The molecule has 3 aromatic rings. The molecule has 0 unspecified atom stereocenters. The molecular formula is C20H20N2O3S. The first-order valence-corrected chi connectivity index (χ1v) is 9.29. The largest absolute Gasteiger partial charge is 0.494 e. The molecule has 1 aromatic heterocycles. The van der Waals surface area contributed by atoms with Crippen molar-refractivity contribution in [2.45, 2.75) is 13.3 Å². The number of ether oxygens (including phenoxy) is 2. The summed E-state index contributed by atoms with van der Waals surface area (Å²) in [7, 11) is 0. The zero-order chi connectivity index (χ0) is 18.2. The summed E-state index contributed by atoms with van der Waals surface area (Å²) >= 11 is 1.38. The summed E-state index contributed by atoms with van der Waals surface area (Å²) in [4.78, 5) is 16.4. The monoisotopic (exact) mass is 368 g/mol. The number of carbonyl (C=O) groups is 1. The summed E-state index contributed by atoms with van der Waals surface area (Å²) in [6.07, 6.45) is 0.977. The van der Waals surface area contributed by atoms with Crippen molar-refractivity contribution in [2.75, 3.05) is 18.5 Å². The van der Waals surface area contributed by atoms with Crippen molar-refractivity contribution in [3.05, 3.63) is 60.0 Å². The van der Waals surface area contributed by atoms with Gasteiger partial charge in [-0.3, -0.25) is 10.1 Å². The highest BCUT2D eigenvalue weighted by molar-refractivity contribution is 7.14. The molecule has 0 aliphatic carbocycles. The molecule has 0 saturated carbocycles. The number of carbonyl (C=O) groups excluding carboxylic acids is 1. The molecule has 2 aromatic carbocycles. The molecule has 0 saturated heterocycles. The van der Waals surface area contributed by atoms with E-state index in [-0.39, 0.29) is 12.5 Å².